The van der Waals surface area contributed by atoms with Crippen LogP contribution in [0.3, 0.4) is 0 Å². The number of non-ortho nitro benzene ring substituents is 1. The molecule has 17 heteroatoms. The van der Waals surface area contributed by atoms with Crippen molar-refractivity contribution < 1.29 is 19.1 Å². The molecule has 0 unspecified atom stereocenters. The van der Waals surface area contributed by atoms with E-state index in [0.29, 0.717) is 27.8 Å². The Morgan fingerprint density at radius 1 is 1.22 bits per heavy atom. The molecule has 5 rings (SSSR count). The molecular weight excluding hydrogens is 579 g/mol. The number of nitro groups is 1. The highest BCUT2D eigenvalue weighted by Gasteiger charge is 2.27. The summed E-state index contributed by atoms with van der Waals surface area (Å²) in [6.45, 7) is 2.07. The number of nitro benzene ring substituents is 1. The average Bonchev–Trinajstić information content (AvgIpc) is 3.70. The first-order valence-electron chi connectivity index (χ1n) is 12.2. The van der Waals surface area contributed by atoms with Gasteiger partial charge in [-0.1, -0.05) is 34.5 Å². The van der Waals surface area contributed by atoms with E-state index in [9.17, 15) is 14.9 Å². The maximum Gasteiger partial charge on any atom is 0.292 e. The lowest BCUT2D eigenvalue weighted by Crippen LogP contribution is -2.26. The second-order valence-corrected chi connectivity index (χ2v) is 9.73. The van der Waals surface area contributed by atoms with Crippen molar-refractivity contribution in [3.63, 3.8) is 0 Å². The number of nitrogens with zero attached hydrogens (tertiary/aromatic N) is 8. The van der Waals surface area contributed by atoms with Gasteiger partial charge in [-0.25, -0.2) is 10.1 Å². The average molecular weight is 601 g/mol. The summed E-state index contributed by atoms with van der Waals surface area (Å²) in [5, 5.41) is 31.6. The predicted octanol–water partition coefficient (Wildman–Crippen LogP) is 3.39. The van der Waals surface area contributed by atoms with Gasteiger partial charge in [-0.2, -0.15) is 9.78 Å². The predicted molar refractivity (Wildman–Crippen MR) is 147 cm³/mol. The monoisotopic (exact) mass is 600 g/mol. The van der Waals surface area contributed by atoms with Gasteiger partial charge in [-0.05, 0) is 54.4 Å². The third kappa shape index (κ3) is 6.26. The summed E-state index contributed by atoms with van der Waals surface area (Å²) in [5.41, 5.74) is 9.19. The number of halogens is 2. The fourth-order valence-electron chi connectivity index (χ4n) is 4.20. The van der Waals surface area contributed by atoms with E-state index < -0.39 is 10.8 Å². The number of hydrogen-bond donors (Lipinski definition) is 2. The summed E-state index contributed by atoms with van der Waals surface area (Å²) in [4.78, 5) is 26.3. The van der Waals surface area contributed by atoms with E-state index in [0.717, 1.165) is 30.6 Å². The Kier molecular flexibility index (Phi) is 8.37. The van der Waals surface area contributed by atoms with Crippen molar-refractivity contribution in [2.45, 2.75) is 26.0 Å². The molecule has 0 saturated carbocycles. The van der Waals surface area contributed by atoms with Crippen molar-refractivity contribution in [1.82, 2.24) is 35.6 Å². The number of likely N-dealkylation sites (tertiary alicyclic amines) is 1. The molecule has 2 aromatic heterocycles. The molecule has 1 amide bonds. The minimum Gasteiger partial charge on any atom is -0.488 e. The van der Waals surface area contributed by atoms with Crippen LogP contribution in [0.5, 0.6) is 5.75 Å². The van der Waals surface area contributed by atoms with Gasteiger partial charge in [0, 0.05) is 39.8 Å². The molecule has 0 atom stereocenters. The van der Waals surface area contributed by atoms with Gasteiger partial charge in [0.1, 0.15) is 18.1 Å². The number of rotatable bonds is 10. The van der Waals surface area contributed by atoms with Gasteiger partial charge in [-0.3, -0.25) is 19.8 Å². The summed E-state index contributed by atoms with van der Waals surface area (Å²) in [6, 6.07) is 8.99. The lowest BCUT2D eigenvalue weighted by Gasteiger charge is -2.13. The maximum absolute atomic E-state index is 13.3. The van der Waals surface area contributed by atoms with E-state index >= 15 is 0 Å². The fraction of sp³-hybridized carbons (Fsp3) is 0.250. The molecule has 1 fully saturated rings. The van der Waals surface area contributed by atoms with Gasteiger partial charge in [-0.15, -0.1) is 5.10 Å². The molecule has 3 heterocycles. The number of carbonyl (C=O) groups is 1. The number of aromatic nitrogens is 5. The van der Waals surface area contributed by atoms with E-state index in [1.54, 1.807) is 18.2 Å². The zero-order valence-electron chi connectivity index (χ0n) is 21.2. The second-order valence-electron chi connectivity index (χ2n) is 8.92. The van der Waals surface area contributed by atoms with Crippen LogP contribution in [0, 0.1) is 10.1 Å². The van der Waals surface area contributed by atoms with Crippen LogP contribution >= 0.6 is 23.2 Å². The Morgan fingerprint density at radius 3 is 2.66 bits per heavy atom. The van der Waals surface area contributed by atoms with Gasteiger partial charge >= 0.3 is 0 Å². The van der Waals surface area contributed by atoms with E-state index in [2.05, 4.69) is 40.7 Å². The molecule has 0 radical (unpaired) electrons. The second kappa shape index (κ2) is 12.3. The van der Waals surface area contributed by atoms with E-state index in [-0.39, 0.29) is 40.9 Å². The number of ether oxygens (including phenoxy) is 1. The fourth-order valence-corrected chi connectivity index (χ4v) is 4.71. The quantitative estimate of drug-likeness (QED) is 0.154. The molecule has 1 aliphatic heterocycles. The number of nitrogens with two attached hydrogens (primary N) is 1. The van der Waals surface area contributed by atoms with E-state index in [1.165, 1.54) is 24.4 Å². The summed E-state index contributed by atoms with van der Waals surface area (Å²) in [6.07, 6.45) is 3.29. The number of amides is 1. The van der Waals surface area contributed by atoms with Gasteiger partial charge in [0.2, 0.25) is 11.6 Å². The van der Waals surface area contributed by atoms with Crippen LogP contribution in [0.4, 0.5) is 11.5 Å². The first kappa shape index (κ1) is 27.9. The highest BCUT2D eigenvalue weighted by atomic mass is 35.5. The van der Waals surface area contributed by atoms with Gasteiger partial charge in [0.25, 0.3) is 11.6 Å². The smallest absolute Gasteiger partial charge is 0.292 e. The highest BCUT2D eigenvalue weighted by Crippen LogP contribution is 2.28. The van der Waals surface area contributed by atoms with Crippen LogP contribution in [0.25, 0.3) is 5.82 Å². The zero-order chi connectivity index (χ0) is 28.9. The number of nitrogen functional groups attached to an aromatic ring is 1. The van der Waals surface area contributed by atoms with Crippen molar-refractivity contribution in [2.24, 2.45) is 5.10 Å². The Labute approximate surface area is 241 Å². The minimum absolute atomic E-state index is 0.00749. The van der Waals surface area contributed by atoms with Crippen LogP contribution in [0.2, 0.25) is 10.0 Å². The first-order valence-corrected chi connectivity index (χ1v) is 13.0. The van der Waals surface area contributed by atoms with Crippen LogP contribution < -0.4 is 15.9 Å². The van der Waals surface area contributed by atoms with Crippen molar-refractivity contribution in [1.29, 1.82) is 0 Å². The molecule has 3 N–H and O–H groups in total. The number of anilines is 1. The highest BCUT2D eigenvalue weighted by molar-refractivity contribution is 6.35. The van der Waals surface area contributed by atoms with Gasteiger partial charge in [0.15, 0.2) is 5.69 Å². The molecule has 0 bridgehead atoms. The number of carbonyl (C=O) groups excluding carboxylic acids is 1. The molecule has 15 nitrogen and oxygen atoms in total. The van der Waals surface area contributed by atoms with E-state index in [1.807, 2.05) is 0 Å². The summed E-state index contributed by atoms with van der Waals surface area (Å²) < 4.78 is 11.6. The molecular formula is C24H22Cl2N10O5. The molecule has 4 aromatic rings. The standard InChI is InChI=1S/C24H22Cl2N10O5/c25-17-4-3-5-18(26)16(17)13-40-20-7-6-15(36(38)39)10-14(20)11-28-30-24(37)21-19(12-34-8-1-2-9-34)29-33-35(21)23-22(27)31-41-32-23/h3-7,10-11H,1-2,8-9,12-13H2,(H2,27,31)(H,30,37). The zero-order valence-corrected chi connectivity index (χ0v) is 22.7. The molecule has 0 aliphatic carbocycles. The number of hydrazone groups is 1. The molecule has 1 saturated heterocycles. The minimum atomic E-state index is -0.682. The van der Waals surface area contributed by atoms with Crippen LogP contribution in [-0.4, -0.2) is 60.3 Å². The van der Waals surface area contributed by atoms with Crippen molar-refractivity contribution in [3.8, 4) is 11.6 Å². The summed E-state index contributed by atoms with van der Waals surface area (Å²) in [7, 11) is 0. The number of benzene rings is 2. The lowest BCUT2D eigenvalue weighted by atomic mass is 10.2. The Hall–Kier alpha value is -4.60. The van der Waals surface area contributed by atoms with Crippen LogP contribution in [0.1, 0.15) is 40.2 Å². The molecule has 2 aromatic carbocycles. The van der Waals surface area contributed by atoms with Crippen molar-refractivity contribution in [2.75, 3.05) is 18.8 Å². The molecule has 41 heavy (non-hydrogen) atoms. The Bertz CT molecular complexity index is 1600. The van der Waals surface area contributed by atoms with Crippen LogP contribution in [-0.2, 0) is 13.2 Å². The van der Waals surface area contributed by atoms with Crippen molar-refractivity contribution in [3.05, 3.63) is 79.1 Å². The topological polar surface area (TPSA) is 193 Å². The van der Waals surface area contributed by atoms with Gasteiger partial charge in [0.05, 0.1) is 11.1 Å². The number of nitrogens with one attached hydrogen (secondary N) is 1. The normalized spacial score (nSPS) is 13.6. The van der Waals surface area contributed by atoms with Crippen LogP contribution in [0.15, 0.2) is 46.1 Å². The lowest BCUT2D eigenvalue weighted by molar-refractivity contribution is -0.384. The largest absolute Gasteiger partial charge is 0.488 e. The first-order chi connectivity index (χ1) is 19.8. The summed E-state index contributed by atoms with van der Waals surface area (Å²) >= 11 is 12.5. The number of hydrogen-bond acceptors (Lipinski definition) is 12. The molecule has 0 spiro atoms. The third-order valence-corrected chi connectivity index (χ3v) is 6.94. The summed E-state index contributed by atoms with van der Waals surface area (Å²) in [5.74, 6) is -0.532. The SMILES string of the molecule is Nc1nonc1-n1nnc(CN2CCCC2)c1C(=O)NN=Cc1cc([N+](=O)[O-])ccc1OCc1c(Cl)cccc1Cl. The van der Waals surface area contributed by atoms with E-state index in [4.69, 9.17) is 33.7 Å². The molecule has 1 aliphatic rings. The Balaban J connectivity index is 1.40. The third-order valence-electron chi connectivity index (χ3n) is 6.23. The Morgan fingerprint density at radius 2 is 1.98 bits per heavy atom. The molecule has 212 valence electrons. The van der Waals surface area contributed by atoms with Crippen molar-refractivity contribution >= 4 is 46.8 Å². The maximum atomic E-state index is 13.3. The van der Waals surface area contributed by atoms with Gasteiger partial charge < -0.3 is 10.5 Å².